The number of nitrogens with zero attached hydrogens (tertiary/aromatic N) is 6. The van der Waals surface area contributed by atoms with Crippen molar-refractivity contribution in [3.05, 3.63) is 87.5 Å². The monoisotopic (exact) mass is 685 g/mol. The molecule has 1 N–H and O–H groups in total. The van der Waals surface area contributed by atoms with Crippen molar-refractivity contribution in [1.29, 1.82) is 0 Å². The largest absolute Gasteiger partial charge is 0.461 e. The molecular formula is C37H41F2N7O4. The normalized spacial score (nSPS) is 17.8. The number of ether oxygens (including phenoxy) is 1. The average molecular weight is 686 g/mol. The number of hydrogen-bond donors (Lipinski definition) is 1. The molecule has 1 saturated heterocycles. The molecule has 1 aliphatic carbocycles. The molecule has 1 atom stereocenters. The van der Waals surface area contributed by atoms with Gasteiger partial charge in [0, 0.05) is 69.7 Å². The van der Waals surface area contributed by atoms with Crippen LogP contribution in [0.25, 0.3) is 11.1 Å². The summed E-state index contributed by atoms with van der Waals surface area (Å²) in [6, 6.07) is 9.65. The first-order valence-corrected chi connectivity index (χ1v) is 17.1. The van der Waals surface area contributed by atoms with Gasteiger partial charge in [-0.1, -0.05) is 0 Å². The van der Waals surface area contributed by atoms with Crippen LogP contribution < -0.4 is 20.7 Å². The molecule has 11 nitrogen and oxygen atoms in total. The van der Waals surface area contributed by atoms with Crippen LogP contribution in [0.2, 0.25) is 0 Å². The van der Waals surface area contributed by atoms with E-state index in [0.717, 1.165) is 44.5 Å². The van der Waals surface area contributed by atoms with Crippen LogP contribution in [-0.2, 0) is 42.6 Å². The Morgan fingerprint density at radius 3 is 2.62 bits per heavy atom. The van der Waals surface area contributed by atoms with E-state index in [1.165, 1.54) is 34.9 Å². The van der Waals surface area contributed by atoms with Crippen LogP contribution in [-0.4, -0.2) is 76.8 Å². The first kappa shape index (κ1) is 33.5. The van der Waals surface area contributed by atoms with Crippen molar-refractivity contribution < 1.29 is 23.1 Å². The summed E-state index contributed by atoms with van der Waals surface area (Å²) < 4.78 is 38.0. The molecule has 1 fully saturated rings. The minimum atomic E-state index is -0.575. The lowest BCUT2D eigenvalue weighted by atomic mass is 9.97. The van der Waals surface area contributed by atoms with Gasteiger partial charge in [0.1, 0.15) is 36.3 Å². The van der Waals surface area contributed by atoms with E-state index in [9.17, 15) is 18.8 Å². The molecule has 3 aromatic heterocycles. The molecule has 5 heterocycles. The molecule has 0 spiro atoms. The summed E-state index contributed by atoms with van der Waals surface area (Å²) in [5.74, 6) is -0.912. The molecule has 13 heteroatoms. The van der Waals surface area contributed by atoms with Gasteiger partial charge >= 0.3 is 5.97 Å². The van der Waals surface area contributed by atoms with Gasteiger partial charge in [-0.3, -0.25) is 19.3 Å². The lowest BCUT2D eigenvalue weighted by Crippen LogP contribution is -2.52. The predicted octanol–water partition coefficient (Wildman–Crippen LogP) is 4.82. The number of fused-ring (bicyclic) bond motifs is 3. The van der Waals surface area contributed by atoms with Crippen LogP contribution in [0.1, 0.15) is 47.1 Å². The Bertz CT molecular complexity index is 2010. The number of amides is 1. The summed E-state index contributed by atoms with van der Waals surface area (Å²) in [5, 5.41) is 3.11. The smallest absolute Gasteiger partial charge is 0.302 e. The Kier molecular flexibility index (Phi) is 9.17. The van der Waals surface area contributed by atoms with Crippen molar-refractivity contribution in [2.45, 2.75) is 51.8 Å². The summed E-state index contributed by atoms with van der Waals surface area (Å²) in [4.78, 5) is 49.5. The van der Waals surface area contributed by atoms with Crippen molar-refractivity contribution in [1.82, 2.24) is 19.0 Å². The lowest BCUT2D eigenvalue weighted by Gasteiger charge is -2.39. The van der Waals surface area contributed by atoms with E-state index >= 15 is 4.39 Å². The molecular weight excluding hydrogens is 644 g/mol. The Hall–Kier alpha value is -5.04. The molecule has 1 amide bonds. The van der Waals surface area contributed by atoms with Gasteiger partial charge < -0.3 is 29.0 Å². The van der Waals surface area contributed by atoms with Gasteiger partial charge in [-0.05, 0) is 80.3 Å². The Labute approximate surface area is 289 Å². The first-order chi connectivity index (χ1) is 24.1. The molecule has 50 heavy (non-hydrogen) atoms. The van der Waals surface area contributed by atoms with Crippen LogP contribution in [0.15, 0.2) is 53.6 Å². The molecule has 1 aromatic carbocycles. The minimum absolute atomic E-state index is 0.189. The van der Waals surface area contributed by atoms with Crippen LogP contribution in [0.4, 0.5) is 31.7 Å². The quantitative estimate of drug-likeness (QED) is 0.264. The van der Waals surface area contributed by atoms with Gasteiger partial charge in [-0.2, -0.15) is 0 Å². The maximum Gasteiger partial charge on any atom is 0.302 e. The van der Waals surface area contributed by atoms with Crippen molar-refractivity contribution >= 4 is 34.8 Å². The number of likely N-dealkylation sites (N-methyl/N-ethyl adjacent to an activating group) is 1. The zero-order chi connectivity index (χ0) is 35.1. The van der Waals surface area contributed by atoms with Crippen molar-refractivity contribution in [3.8, 4) is 11.1 Å². The molecule has 4 aromatic rings. The summed E-state index contributed by atoms with van der Waals surface area (Å²) in [6.07, 6.45) is 7.32. The highest BCUT2D eigenvalue weighted by molar-refractivity contribution is 6.07. The molecule has 0 bridgehead atoms. The zero-order valence-electron chi connectivity index (χ0n) is 28.5. The third kappa shape index (κ3) is 6.37. The van der Waals surface area contributed by atoms with Crippen LogP contribution in [0.5, 0.6) is 0 Å². The van der Waals surface area contributed by atoms with Crippen molar-refractivity contribution in [3.63, 3.8) is 0 Å². The number of anilines is 4. The fraction of sp³-hybridized carbons (Fsp3) is 0.405. The average Bonchev–Trinajstić information content (AvgIpc) is 3.50. The molecule has 3 aliphatic rings. The fourth-order valence-corrected chi connectivity index (χ4v) is 7.39. The molecule has 7 rings (SSSR count). The third-order valence-electron chi connectivity index (χ3n) is 10.1. The maximum absolute atomic E-state index is 15.6. The standard InChI is InChI=1S/C37H41F2N7O4/c1-23(47)50-22-30-29(16-26(39)17-33(30)46-13-12-45-32-7-5-4-6-24(32)15-34(45)37(46)49)25-14-31(36(48)43(3)20-25)41-35-9-8-27(19-40-35)44-11-10-42(2)28(18-38)21-44/h8-9,14-17,19-20,28H,4-7,10-13,18,21-22H2,1-3H3,(H,40,41). The maximum atomic E-state index is 15.6. The Morgan fingerprint density at radius 2 is 1.86 bits per heavy atom. The number of alkyl halides is 1. The van der Waals surface area contributed by atoms with E-state index in [4.69, 9.17) is 4.74 Å². The van der Waals surface area contributed by atoms with E-state index in [-0.39, 0.29) is 29.8 Å². The van der Waals surface area contributed by atoms with E-state index in [2.05, 4.69) is 19.8 Å². The molecule has 0 saturated carbocycles. The number of halogens is 2. The van der Waals surface area contributed by atoms with Crippen molar-refractivity contribution in [2.75, 3.05) is 55.0 Å². The highest BCUT2D eigenvalue weighted by Crippen LogP contribution is 2.37. The topological polar surface area (TPSA) is 105 Å². The third-order valence-corrected chi connectivity index (χ3v) is 10.1. The van der Waals surface area contributed by atoms with E-state index in [1.807, 2.05) is 24.1 Å². The Balaban J connectivity index is 1.22. The van der Waals surface area contributed by atoms with Crippen LogP contribution in [0.3, 0.4) is 0 Å². The van der Waals surface area contributed by atoms with E-state index < -0.39 is 18.5 Å². The number of aromatic nitrogens is 3. The zero-order valence-corrected chi connectivity index (χ0v) is 28.5. The molecule has 0 radical (unpaired) electrons. The number of benzene rings is 1. The predicted molar refractivity (Wildman–Crippen MR) is 187 cm³/mol. The second kappa shape index (κ2) is 13.7. The van der Waals surface area contributed by atoms with Gasteiger partial charge in [0.05, 0.1) is 23.6 Å². The number of carbonyl (C=O) groups is 2. The van der Waals surface area contributed by atoms with Gasteiger partial charge in [-0.15, -0.1) is 0 Å². The van der Waals surface area contributed by atoms with Crippen LogP contribution in [0, 0.1) is 5.82 Å². The van der Waals surface area contributed by atoms with Crippen LogP contribution >= 0.6 is 0 Å². The SMILES string of the molecule is CC(=O)OCc1c(-c2cc(Nc3ccc(N4CCN(C)C(CF)C4)cn3)c(=O)n(C)c2)cc(F)cc1N1CCn2c(cc3c2CCCC3)C1=O. The van der Waals surface area contributed by atoms with Gasteiger partial charge in [0.2, 0.25) is 0 Å². The number of hydrogen-bond acceptors (Lipinski definition) is 8. The number of aryl methyl sites for hydroxylation is 2. The summed E-state index contributed by atoms with van der Waals surface area (Å²) >= 11 is 0. The summed E-state index contributed by atoms with van der Waals surface area (Å²) in [7, 11) is 3.51. The highest BCUT2D eigenvalue weighted by Gasteiger charge is 2.32. The number of carbonyl (C=O) groups excluding carboxylic acids is 2. The number of piperazine rings is 1. The Morgan fingerprint density at radius 1 is 1.04 bits per heavy atom. The number of nitrogens with one attached hydrogen (secondary N) is 1. The second-order valence-electron chi connectivity index (χ2n) is 13.4. The van der Waals surface area contributed by atoms with Gasteiger partial charge in [0.15, 0.2) is 0 Å². The lowest BCUT2D eigenvalue weighted by molar-refractivity contribution is -0.142. The molecule has 1 unspecified atom stereocenters. The fourth-order valence-electron chi connectivity index (χ4n) is 7.39. The van der Waals surface area contributed by atoms with Gasteiger partial charge in [0.25, 0.3) is 11.5 Å². The summed E-state index contributed by atoms with van der Waals surface area (Å²) in [6.45, 7) is 3.58. The number of pyridine rings is 2. The second-order valence-corrected chi connectivity index (χ2v) is 13.4. The first-order valence-electron chi connectivity index (χ1n) is 17.1. The molecule has 262 valence electrons. The number of rotatable bonds is 8. The summed E-state index contributed by atoms with van der Waals surface area (Å²) in [5.41, 5.74) is 5.32. The van der Waals surface area contributed by atoms with E-state index in [1.54, 1.807) is 36.5 Å². The van der Waals surface area contributed by atoms with Crippen molar-refractivity contribution in [2.24, 2.45) is 7.05 Å². The van der Waals surface area contributed by atoms with E-state index in [0.29, 0.717) is 53.5 Å². The minimum Gasteiger partial charge on any atom is -0.461 e. The number of esters is 1. The molecule has 2 aliphatic heterocycles. The van der Waals surface area contributed by atoms with Gasteiger partial charge in [-0.25, -0.2) is 13.8 Å². The highest BCUT2D eigenvalue weighted by atomic mass is 19.1.